The average Bonchev–Trinajstić information content (AvgIpc) is 2.99. The molecule has 0 aromatic heterocycles. The van der Waals surface area contributed by atoms with E-state index >= 15 is 0 Å². The maximum atomic E-state index is 3.51. The van der Waals surface area contributed by atoms with Gasteiger partial charge in [-0.25, -0.2) is 0 Å². The minimum absolute atomic E-state index is 0.501. The standard InChI is InChI=1S/C17H26N2/c1-14-4-3-5-15(10-14)16-6-9-19(11-16)13-17(2)7-8-18-12-17/h3-5,10,16,18H,6-9,11-13H2,1-2H3. The minimum atomic E-state index is 0.501. The summed E-state index contributed by atoms with van der Waals surface area (Å²) in [4.78, 5) is 2.68. The smallest absolute Gasteiger partial charge is 0.00510 e. The second-order valence-electron chi connectivity index (χ2n) is 6.87. The van der Waals surface area contributed by atoms with Crippen LogP contribution < -0.4 is 5.32 Å². The second kappa shape index (κ2) is 5.26. The molecule has 104 valence electrons. The number of hydrogen-bond donors (Lipinski definition) is 1. The summed E-state index contributed by atoms with van der Waals surface area (Å²) in [5, 5.41) is 3.51. The number of nitrogens with one attached hydrogen (secondary N) is 1. The monoisotopic (exact) mass is 258 g/mol. The Kier molecular flexibility index (Phi) is 3.64. The molecule has 2 saturated heterocycles. The quantitative estimate of drug-likeness (QED) is 0.897. The minimum Gasteiger partial charge on any atom is -0.316 e. The van der Waals surface area contributed by atoms with Crippen LogP contribution in [0.2, 0.25) is 0 Å². The van der Waals surface area contributed by atoms with Gasteiger partial charge < -0.3 is 10.2 Å². The Morgan fingerprint density at radius 1 is 1.42 bits per heavy atom. The third-order valence-electron chi connectivity index (χ3n) is 4.85. The SMILES string of the molecule is Cc1cccc(C2CCN(CC3(C)CCNC3)C2)c1. The number of likely N-dealkylation sites (tertiary alicyclic amines) is 1. The molecule has 0 amide bonds. The third kappa shape index (κ3) is 3.01. The molecule has 0 radical (unpaired) electrons. The summed E-state index contributed by atoms with van der Waals surface area (Å²) in [6, 6.07) is 9.07. The van der Waals surface area contributed by atoms with Crippen molar-refractivity contribution in [1.82, 2.24) is 10.2 Å². The highest BCUT2D eigenvalue weighted by molar-refractivity contribution is 5.26. The summed E-state index contributed by atoms with van der Waals surface area (Å²) in [7, 11) is 0. The predicted molar refractivity (Wildman–Crippen MR) is 80.6 cm³/mol. The molecule has 3 rings (SSSR count). The summed E-state index contributed by atoms with van der Waals surface area (Å²) in [6.45, 7) is 10.8. The molecule has 19 heavy (non-hydrogen) atoms. The molecule has 2 unspecified atom stereocenters. The first kappa shape index (κ1) is 13.1. The highest BCUT2D eigenvalue weighted by Gasteiger charge is 2.33. The van der Waals surface area contributed by atoms with Gasteiger partial charge in [-0.1, -0.05) is 36.8 Å². The van der Waals surface area contributed by atoms with Gasteiger partial charge in [0.05, 0.1) is 0 Å². The van der Waals surface area contributed by atoms with Crippen molar-refractivity contribution in [2.24, 2.45) is 5.41 Å². The Labute approximate surface area is 117 Å². The van der Waals surface area contributed by atoms with Crippen LogP contribution in [-0.4, -0.2) is 37.6 Å². The van der Waals surface area contributed by atoms with Crippen LogP contribution in [0.15, 0.2) is 24.3 Å². The van der Waals surface area contributed by atoms with Gasteiger partial charge in [-0.2, -0.15) is 0 Å². The number of aryl methyl sites for hydroxylation is 1. The van der Waals surface area contributed by atoms with Gasteiger partial charge in [-0.15, -0.1) is 0 Å². The van der Waals surface area contributed by atoms with Gasteiger partial charge >= 0.3 is 0 Å². The zero-order valence-electron chi connectivity index (χ0n) is 12.3. The molecule has 2 fully saturated rings. The molecule has 0 saturated carbocycles. The number of rotatable bonds is 3. The molecule has 0 bridgehead atoms. The van der Waals surface area contributed by atoms with Crippen molar-refractivity contribution in [3.8, 4) is 0 Å². The molecule has 2 heterocycles. The Morgan fingerprint density at radius 2 is 2.32 bits per heavy atom. The van der Waals surface area contributed by atoms with E-state index in [0.29, 0.717) is 5.41 Å². The molecule has 0 spiro atoms. The topological polar surface area (TPSA) is 15.3 Å². The zero-order chi connectivity index (χ0) is 13.3. The van der Waals surface area contributed by atoms with E-state index in [0.717, 1.165) is 5.92 Å². The molecular weight excluding hydrogens is 232 g/mol. The third-order valence-corrected chi connectivity index (χ3v) is 4.85. The van der Waals surface area contributed by atoms with Crippen LogP contribution in [0, 0.1) is 12.3 Å². The van der Waals surface area contributed by atoms with Crippen LogP contribution in [0.25, 0.3) is 0 Å². The fourth-order valence-electron chi connectivity index (χ4n) is 3.72. The molecule has 0 aliphatic carbocycles. The molecule has 2 aliphatic heterocycles. The molecule has 1 N–H and O–H groups in total. The Balaban J connectivity index is 1.61. The molecule has 1 aromatic carbocycles. The first-order valence-electron chi connectivity index (χ1n) is 7.64. The lowest BCUT2D eigenvalue weighted by molar-refractivity contribution is 0.207. The van der Waals surface area contributed by atoms with Crippen molar-refractivity contribution in [1.29, 1.82) is 0 Å². The van der Waals surface area contributed by atoms with Crippen molar-refractivity contribution in [2.45, 2.75) is 32.6 Å². The first-order chi connectivity index (χ1) is 9.15. The summed E-state index contributed by atoms with van der Waals surface area (Å²) < 4.78 is 0. The van der Waals surface area contributed by atoms with Gasteiger partial charge in [-0.3, -0.25) is 0 Å². The fourth-order valence-corrected chi connectivity index (χ4v) is 3.72. The van der Waals surface area contributed by atoms with E-state index in [1.165, 1.54) is 56.7 Å². The molecule has 2 atom stereocenters. The van der Waals surface area contributed by atoms with Gasteiger partial charge in [0.25, 0.3) is 0 Å². The summed E-state index contributed by atoms with van der Waals surface area (Å²) >= 11 is 0. The summed E-state index contributed by atoms with van der Waals surface area (Å²) in [5.41, 5.74) is 3.43. The molecular formula is C17H26N2. The number of benzene rings is 1. The van der Waals surface area contributed by atoms with E-state index in [9.17, 15) is 0 Å². The van der Waals surface area contributed by atoms with E-state index in [-0.39, 0.29) is 0 Å². The van der Waals surface area contributed by atoms with Crippen molar-refractivity contribution < 1.29 is 0 Å². The van der Waals surface area contributed by atoms with Crippen molar-refractivity contribution in [2.75, 3.05) is 32.7 Å². The normalized spacial score (nSPS) is 32.0. The zero-order valence-corrected chi connectivity index (χ0v) is 12.3. The van der Waals surface area contributed by atoms with Gasteiger partial charge in [0, 0.05) is 19.6 Å². The average molecular weight is 258 g/mol. The Bertz CT molecular complexity index is 435. The van der Waals surface area contributed by atoms with Crippen LogP contribution in [-0.2, 0) is 0 Å². The van der Waals surface area contributed by atoms with E-state index in [1.807, 2.05) is 0 Å². The molecule has 2 nitrogen and oxygen atoms in total. The number of nitrogens with zero attached hydrogens (tertiary/aromatic N) is 1. The molecule has 2 aliphatic rings. The largest absolute Gasteiger partial charge is 0.316 e. The van der Waals surface area contributed by atoms with Crippen LogP contribution in [0.1, 0.15) is 36.8 Å². The fraction of sp³-hybridized carbons (Fsp3) is 0.647. The van der Waals surface area contributed by atoms with Crippen molar-refractivity contribution in [3.63, 3.8) is 0 Å². The van der Waals surface area contributed by atoms with E-state index in [4.69, 9.17) is 0 Å². The van der Waals surface area contributed by atoms with Crippen molar-refractivity contribution in [3.05, 3.63) is 35.4 Å². The van der Waals surface area contributed by atoms with E-state index < -0.39 is 0 Å². The molecule has 1 aromatic rings. The van der Waals surface area contributed by atoms with E-state index in [2.05, 4.69) is 48.3 Å². The lowest BCUT2D eigenvalue weighted by atomic mass is 9.89. The van der Waals surface area contributed by atoms with Crippen LogP contribution in [0.3, 0.4) is 0 Å². The van der Waals surface area contributed by atoms with Crippen LogP contribution in [0.5, 0.6) is 0 Å². The van der Waals surface area contributed by atoms with E-state index in [1.54, 1.807) is 0 Å². The van der Waals surface area contributed by atoms with Crippen molar-refractivity contribution >= 4 is 0 Å². The lowest BCUT2D eigenvalue weighted by Gasteiger charge is -2.29. The summed E-state index contributed by atoms with van der Waals surface area (Å²) in [6.07, 6.45) is 2.66. The van der Waals surface area contributed by atoms with Crippen LogP contribution >= 0.6 is 0 Å². The Hall–Kier alpha value is -0.860. The number of hydrogen-bond acceptors (Lipinski definition) is 2. The van der Waals surface area contributed by atoms with Gasteiger partial charge in [0.15, 0.2) is 0 Å². The second-order valence-corrected chi connectivity index (χ2v) is 6.87. The highest BCUT2D eigenvalue weighted by atomic mass is 15.2. The lowest BCUT2D eigenvalue weighted by Crippen LogP contribution is -2.36. The predicted octanol–water partition coefficient (Wildman–Crippen LogP) is 2.78. The summed E-state index contributed by atoms with van der Waals surface area (Å²) in [5.74, 6) is 0.748. The van der Waals surface area contributed by atoms with Gasteiger partial charge in [0.1, 0.15) is 0 Å². The van der Waals surface area contributed by atoms with Crippen LogP contribution in [0.4, 0.5) is 0 Å². The maximum absolute atomic E-state index is 3.51. The maximum Gasteiger partial charge on any atom is 0.00510 e. The molecule has 2 heteroatoms. The van der Waals surface area contributed by atoms with Gasteiger partial charge in [-0.05, 0) is 49.8 Å². The highest BCUT2D eigenvalue weighted by Crippen LogP contribution is 2.32. The van der Waals surface area contributed by atoms with Gasteiger partial charge in [0.2, 0.25) is 0 Å². The Morgan fingerprint density at radius 3 is 3.05 bits per heavy atom. The first-order valence-corrected chi connectivity index (χ1v) is 7.64.